The zero-order chi connectivity index (χ0) is 10.7. The zero-order valence-electron chi connectivity index (χ0n) is 9.05. The van der Waals surface area contributed by atoms with Crippen molar-refractivity contribution < 1.29 is 9.53 Å². The minimum atomic E-state index is -0.315. The Balaban J connectivity index is 3.24. The monoisotopic (exact) mass is 193 g/mol. The molecule has 1 aromatic rings. The van der Waals surface area contributed by atoms with E-state index in [-0.39, 0.29) is 5.97 Å². The predicted octanol–water partition coefficient (Wildman–Crippen LogP) is 2.05. The summed E-state index contributed by atoms with van der Waals surface area (Å²) in [6.45, 7) is 5.81. The van der Waals surface area contributed by atoms with Crippen LogP contribution < -0.4 is 0 Å². The average molecular weight is 193 g/mol. The first kappa shape index (κ1) is 10.7. The van der Waals surface area contributed by atoms with Crippen LogP contribution in [-0.2, 0) is 11.2 Å². The third-order valence-electron chi connectivity index (χ3n) is 2.29. The van der Waals surface area contributed by atoms with Crippen molar-refractivity contribution in [3.05, 3.63) is 28.6 Å². The molecule has 0 radical (unpaired) electrons. The molecule has 1 rings (SSSR count). The molecule has 3 heteroatoms. The summed E-state index contributed by atoms with van der Waals surface area (Å²) in [6, 6.07) is 1.86. The molecule has 0 amide bonds. The molecule has 0 saturated heterocycles. The van der Waals surface area contributed by atoms with E-state index in [1.54, 1.807) is 0 Å². The lowest BCUT2D eigenvalue weighted by atomic mass is 10.1. The maximum Gasteiger partial charge on any atom is 0.339 e. The number of hydrogen-bond donors (Lipinski definition) is 0. The average Bonchev–Trinajstić information content (AvgIpc) is 2.17. The number of pyridine rings is 1. The van der Waals surface area contributed by atoms with Crippen LogP contribution >= 0.6 is 0 Å². The molecule has 0 spiro atoms. The number of carbonyl (C=O) groups excluding carboxylic acids is 1. The number of hydrogen-bond acceptors (Lipinski definition) is 3. The van der Waals surface area contributed by atoms with Gasteiger partial charge in [0.2, 0.25) is 0 Å². The molecule has 0 saturated carbocycles. The highest BCUT2D eigenvalue weighted by molar-refractivity contribution is 5.90. The molecule has 1 heterocycles. The van der Waals surface area contributed by atoms with Gasteiger partial charge in [-0.2, -0.15) is 0 Å². The van der Waals surface area contributed by atoms with E-state index in [2.05, 4.69) is 9.72 Å². The Hall–Kier alpha value is -1.38. The van der Waals surface area contributed by atoms with E-state index in [1.807, 2.05) is 26.8 Å². The van der Waals surface area contributed by atoms with Gasteiger partial charge in [-0.3, -0.25) is 4.98 Å². The van der Waals surface area contributed by atoms with Crippen LogP contribution in [0.4, 0.5) is 0 Å². The van der Waals surface area contributed by atoms with Crippen molar-refractivity contribution in [3.63, 3.8) is 0 Å². The Kier molecular flexibility index (Phi) is 3.23. The van der Waals surface area contributed by atoms with Gasteiger partial charge >= 0.3 is 5.97 Å². The lowest BCUT2D eigenvalue weighted by Crippen LogP contribution is -2.07. The third kappa shape index (κ3) is 1.92. The van der Waals surface area contributed by atoms with E-state index in [0.717, 1.165) is 23.4 Å². The van der Waals surface area contributed by atoms with Crippen LogP contribution in [0.2, 0.25) is 0 Å². The van der Waals surface area contributed by atoms with E-state index >= 15 is 0 Å². The van der Waals surface area contributed by atoms with Gasteiger partial charge in [0.1, 0.15) is 0 Å². The summed E-state index contributed by atoms with van der Waals surface area (Å²) >= 11 is 0. The smallest absolute Gasteiger partial charge is 0.339 e. The second kappa shape index (κ2) is 4.22. The van der Waals surface area contributed by atoms with Crippen molar-refractivity contribution in [1.82, 2.24) is 4.98 Å². The molecule has 3 nitrogen and oxygen atoms in total. The Bertz CT molecular complexity index is 359. The molecule has 1 aromatic heterocycles. The number of aromatic nitrogens is 1. The van der Waals surface area contributed by atoms with Gasteiger partial charge in [0.15, 0.2) is 0 Å². The molecule has 0 aliphatic carbocycles. The normalized spacial score (nSPS) is 10.0. The van der Waals surface area contributed by atoms with E-state index in [9.17, 15) is 4.79 Å². The van der Waals surface area contributed by atoms with E-state index < -0.39 is 0 Å². The Labute approximate surface area is 84.1 Å². The molecule has 0 atom stereocenters. The van der Waals surface area contributed by atoms with Gasteiger partial charge in [-0.1, -0.05) is 6.92 Å². The lowest BCUT2D eigenvalue weighted by molar-refractivity contribution is 0.0599. The van der Waals surface area contributed by atoms with E-state index in [0.29, 0.717) is 5.56 Å². The Morgan fingerprint density at radius 3 is 2.57 bits per heavy atom. The molecule has 0 aromatic carbocycles. The first-order valence-corrected chi connectivity index (χ1v) is 4.65. The zero-order valence-corrected chi connectivity index (χ0v) is 9.05. The fourth-order valence-electron chi connectivity index (χ4n) is 1.44. The number of esters is 1. The molecular weight excluding hydrogens is 178 g/mol. The second-order valence-electron chi connectivity index (χ2n) is 3.21. The number of nitrogens with zero attached hydrogens (tertiary/aromatic N) is 1. The van der Waals surface area contributed by atoms with Crippen molar-refractivity contribution in [1.29, 1.82) is 0 Å². The molecule has 0 bridgehead atoms. The largest absolute Gasteiger partial charge is 0.465 e. The van der Waals surface area contributed by atoms with E-state index in [1.165, 1.54) is 7.11 Å². The van der Waals surface area contributed by atoms with Crippen LogP contribution in [0, 0.1) is 13.8 Å². The lowest BCUT2D eigenvalue weighted by Gasteiger charge is -2.08. The molecule has 0 aliphatic heterocycles. The highest BCUT2D eigenvalue weighted by Crippen LogP contribution is 2.13. The summed E-state index contributed by atoms with van der Waals surface area (Å²) in [5.74, 6) is -0.315. The van der Waals surface area contributed by atoms with Gasteiger partial charge < -0.3 is 4.74 Å². The predicted molar refractivity (Wildman–Crippen MR) is 54.4 cm³/mol. The van der Waals surface area contributed by atoms with Crippen LogP contribution in [0.15, 0.2) is 6.07 Å². The number of methoxy groups -OCH3 is 1. The molecular formula is C11H15NO2. The fourth-order valence-corrected chi connectivity index (χ4v) is 1.44. The minimum absolute atomic E-state index is 0.315. The number of rotatable bonds is 2. The quantitative estimate of drug-likeness (QED) is 0.675. The summed E-state index contributed by atoms with van der Waals surface area (Å²) in [5, 5.41) is 0. The van der Waals surface area contributed by atoms with E-state index in [4.69, 9.17) is 0 Å². The maximum absolute atomic E-state index is 11.4. The summed E-state index contributed by atoms with van der Waals surface area (Å²) in [6.07, 6.45) is 0.878. The molecule has 0 fully saturated rings. The van der Waals surface area contributed by atoms with Crippen molar-refractivity contribution in [3.8, 4) is 0 Å². The molecule has 0 aliphatic rings. The van der Waals surface area contributed by atoms with Crippen molar-refractivity contribution >= 4 is 5.97 Å². The maximum atomic E-state index is 11.4. The Morgan fingerprint density at radius 1 is 1.43 bits per heavy atom. The molecule has 76 valence electrons. The van der Waals surface area contributed by atoms with Gasteiger partial charge in [-0.15, -0.1) is 0 Å². The Morgan fingerprint density at radius 2 is 2.07 bits per heavy atom. The summed E-state index contributed by atoms with van der Waals surface area (Å²) in [7, 11) is 1.38. The standard InChI is InChI=1S/C11H15NO2/c1-5-9-6-10(11(13)14-4)8(3)12-7(9)2/h6H,5H2,1-4H3. The summed E-state index contributed by atoms with van der Waals surface area (Å²) in [5.41, 5.74) is 3.37. The highest BCUT2D eigenvalue weighted by Gasteiger charge is 2.12. The van der Waals surface area contributed by atoms with Crippen LogP contribution in [0.3, 0.4) is 0 Å². The van der Waals surface area contributed by atoms with Gasteiger partial charge in [0.25, 0.3) is 0 Å². The molecule has 14 heavy (non-hydrogen) atoms. The summed E-state index contributed by atoms with van der Waals surface area (Å²) < 4.78 is 4.68. The highest BCUT2D eigenvalue weighted by atomic mass is 16.5. The number of ether oxygens (including phenoxy) is 1. The third-order valence-corrected chi connectivity index (χ3v) is 2.29. The van der Waals surface area contributed by atoms with Crippen LogP contribution in [0.1, 0.15) is 34.2 Å². The van der Waals surface area contributed by atoms with Gasteiger partial charge in [-0.25, -0.2) is 4.79 Å². The van der Waals surface area contributed by atoms with Gasteiger partial charge in [-0.05, 0) is 31.9 Å². The van der Waals surface area contributed by atoms with Gasteiger partial charge in [0.05, 0.1) is 18.4 Å². The van der Waals surface area contributed by atoms with Crippen LogP contribution in [0.25, 0.3) is 0 Å². The SMILES string of the molecule is CCc1cc(C(=O)OC)c(C)nc1C. The van der Waals surface area contributed by atoms with Crippen molar-refractivity contribution in [2.45, 2.75) is 27.2 Å². The molecule has 0 unspecified atom stereocenters. The molecule has 0 N–H and O–H groups in total. The fraction of sp³-hybridized carbons (Fsp3) is 0.455. The van der Waals surface area contributed by atoms with Crippen LogP contribution in [-0.4, -0.2) is 18.1 Å². The number of aryl methyl sites for hydroxylation is 3. The first-order valence-electron chi connectivity index (χ1n) is 4.65. The van der Waals surface area contributed by atoms with Crippen molar-refractivity contribution in [2.24, 2.45) is 0 Å². The second-order valence-corrected chi connectivity index (χ2v) is 3.21. The van der Waals surface area contributed by atoms with Crippen LogP contribution in [0.5, 0.6) is 0 Å². The summed E-state index contributed by atoms with van der Waals surface area (Å²) in [4.78, 5) is 15.7. The number of carbonyl (C=O) groups is 1. The van der Waals surface area contributed by atoms with Crippen molar-refractivity contribution in [2.75, 3.05) is 7.11 Å². The minimum Gasteiger partial charge on any atom is -0.465 e. The first-order chi connectivity index (χ1) is 6.60. The topological polar surface area (TPSA) is 39.2 Å². The van der Waals surface area contributed by atoms with Gasteiger partial charge in [0, 0.05) is 5.69 Å².